The summed E-state index contributed by atoms with van der Waals surface area (Å²) < 4.78 is 5.54. The number of carbonyl (C=O) groups is 1. The second-order valence-corrected chi connectivity index (χ2v) is 3.79. The molecular weight excluding hydrogens is 190 g/mol. The maximum Gasteiger partial charge on any atom is 0.120 e. The van der Waals surface area contributed by atoms with E-state index in [0.717, 1.165) is 11.8 Å². The fourth-order valence-electron chi connectivity index (χ4n) is 1.24. The molecule has 0 amide bonds. The molecule has 15 heavy (non-hydrogen) atoms. The SMILES string of the molecule is CC(N)(CCC=O)OCc1ccccc1. The van der Waals surface area contributed by atoms with E-state index >= 15 is 0 Å². The molecule has 0 aliphatic carbocycles. The summed E-state index contributed by atoms with van der Waals surface area (Å²) in [5.41, 5.74) is 6.23. The van der Waals surface area contributed by atoms with Crippen LogP contribution >= 0.6 is 0 Å². The number of hydrogen-bond donors (Lipinski definition) is 1. The lowest BCUT2D eigenvalue weighted by Gasteiger charge is -2.24. The normalized spacial score (nSPS) is 14.5. The molecule has 0 bridgehead atoms. The van der Waals surface area contributed by atoms with Gasteiger partial charge in [-0.15, -0.1) is 0 Å². The minimum Gasteiger partial charge on any atom is -0.356 e. The van der Waals surface area contributed by atoms with E-state index in [4.69, 9.17) is 10.5 Å². The van der Waals surface area contributed by atoms with Crippen molar-refractivity contribution in [2.24, 2.45) is 5.73 Å². The molecule has 2 N–H and O–H groups in total. The van der Waals surface area contributed by atoms with Crippen LogP contribution in [-0.2, 0) is 16.1 Å². The van der Waals surface area contributed by atoms with Gasteiger partial charge < -0.3 is 15.3 Å². The van der Waals surface area contributed by atoms with Crippen LogP contribution in [0.1, 0.15) is 25.3 Å². The monoisotopic (exact) mass is 207 g/mol. The van der Waals surface area contributed by atoms with Crippen LogP contribution in [0.15, 0.2) is 30.3 Å². The first-order valence-corrected chi connectivity index (χ1v) is 5.04. The quantitative estimate of drug-likeness (QED) is 0.572. The van der Waals surface area contributed by atoms with Crippen molar-refractivity contribution in [3.8, 4) is 0 Å². The number of aldehydes is 1. The van der Waals surface area contributed by atoms with Crippen LogP contribution in [0.3, 0.4) is 0 Å². The smallest absolute Gasteiger partial charge is 0.120 e. The molecule has 3 nitrogen and oxygen atoms in total. The molecule has 0 saturated heterocycles. The highest BCUT2D eigenvalue weighted by Gasteiger charge is 2.17. The van der Waals surface area contributed by atoms with Crippen molar-refractivity contribution in [2.75, 3.05) is 0 Å². The molecule has 0 saturated carbocycles. The molecule has 0 aliphatic rings. The van der Waals surface area contributed by atoms with E-state index in [9.17, 15) is 4.79 Å². The molecule has 0 aromatic heterocycles. The maximum absolute atomic E-state index is 10.2. The van der Waals surface area contributed by atoms with Crippen LogP contribution < -0.4 is 5.73 Å². The van der Waals surface area contributed by atoms with Gasteiger partial charge in [0.05, 0.1) is 6.61 Å². The van der Waals surface area contributed by atoms with Crippen molar-refractivity contribution >= 4 is 6.29 Å². The lowest BCUT2D eigenvalue weighted by Crippen LogP contribution is -2.39. The van der Waals surface area contributed by atoms with Crippen LogP contribution in [-0.4, -0.2) is 12.0 Å². The largest absolute Gasteiger partial charge is 0.356 e. The van der Waals surface area contributed by atoms with Crippen molar-refractivity contribution in [3.63, 3.8) is 0 Å². The number of carbonyl (C=O) groups excluding carboxylic acids is 1. The minimum atomic E-state index is -0.725. The molecule has 1 unspecified atom stereocenters. The van der Waals surface area contributed by atoms with Gasteiger partial charge in [-0.1, -0.05) is 30.3 Å². The zero-order valence-electron chi connectivity index (χ0n) is 8.98. The molecule has 3 heteroatoms. The van der Waals surface area contributed by atoms with Crippen molar-refractivity contribution in [1.29, 1.82) is 0 Å². The van der Waals surface area contributed by atoms with Crippen LogP contribution in [0.2, 0.25) is 0 Å². The summed E-state index contributed by atoms with van der Waals surface area (Å²) in [6, 6.07) is 9.83. The zero-order valence-corrected chi connectivity index (χ0v) is 8.98. The fraction of sp³-hybridized carbons (Fsp3) is 0.417. The highest BCUT2D eigenvalue weighted by molar-refractivity contribution is 5.49. The first-order valence-electron chi connectivity index (χ1n) is 5.04. The summed E-state index contributed by atoms with van der Waals surface area (Å²) in [6.07, 6.45) is 1.84. The second kappa shape index (κ2) is 5.63. The third-order valence-electron chi connectivity index (χ3n) is 2.17. The first kappa shape index (κ1) is 11.9. The van der Waals surface area contributed by atoms with E-state index in [1.807, 2.05) is 30.3 Å². The summed E-state index contributed by atoms with van der Waals surface area (Å²) >= 11 is 0. The Morgan fingerprint density at radius 3 is 2.67 bits per heavy atom. The fourth-order valence-corrected chi connectivity index (χ4v) is 1.24. The molecular formula is C12H17NO2. The van der Waals surface area contributed by atoms with Crippen LogP contribution in [0, 0.1) is 0 Å². The molecule has 0 fully saturated rings. The molecule has 1 atom stereocenters. The van der Waals surface area contributed by atoms with Crippen LogP contribution in [0.5, 0.6) is 0 Å². The summed E-state index contributed by atoms with van der Waals surface area (Å²) in [4.78, 5) is 10.2. The van der Waals surface area contributed by atoms with Crippen molar-refractivity contribution in [1.82, 2.24) is 0 Å². The second-order valence-electron chi connectivity index (χ2n) is 3.79. The Kier molecular flexibility index (Phi) is 4.46. The van der Waals surface area contributed by atoms with Gasteiger partial charge in [0.25, 0.3) is 0 Å². The summed E-state index contributed by atoms with van der Waals surface area (Å²) in [5.74, 6) is 0. The lowest BCUT2D eigenvalue weighted by molar-refractivity contribution is -0.110. The Labute approximate surface area is 90.2 Å². The van der Waals surface area contributed by atoms with Gasteiger partial charge in [-0.25, -0.2) is 0 Å². The van der Waals surface area contributed by atoms with E-state index in [-0.39, 0.29) is 0 Å². The van der Waals surface area contributed by atoms with Gasteiger partial charge in [0.1, 0.15) is 12.0 Å². The predicted molar refractivity (Wildman–Crippen MR) is 59.1 cm³/mol. The third-order valence-corrected chi connectivity index (χ3v) is 2.17. The average molecular weight is 207 g/mol. The summed E-state index contributed by atoms with van der Waals surface area (Å²) in [7, 11) is 0. The van der Waals surface area contributed by atoms with E-state index in [1.54, 1.807) is 6.92 Å². The van der Waals surface area contributed by atoms with Gasteiger partial charge in [-0.05, 0) is 18.9 Å². The van der Waals surface area contributed by atoms with E-state index < -0.39 is 5.72 Å². The molecule has 0 radical (unpaired) electrons. The summed E-state index contributed by atoms with van der Waals surface area (Å²) in [5, 5.41) is 0. The van der Waals surface area contributed by atoms with E-state index in [1.165, 1.54) is 0 Å². The molecule has 1 rings (SSSR count). The number of hydrogen-bond acceptors (Lipinski definition) is 3. The van der Waals surface area contributed by atoms with Gasteiger partial charge >= 0.3 is 0 Å². The zero-order chi connectivity index (χ0) is 11.1. The molecule has 0 heterocycles. The Bertz CT molecular complexity index is 296. The first-order chi connectivity index (χ1) is 7.14. The Hall–Kier alpha value is -1.19. The molecule has 1 aromatic rings. The number of benzene rings is 1. The number of nitrogens with two attached hydrogens (primary N) is 1. The van der Waals surface area contributed by atoms with E-state index in [2.05, 4.69) is 0 Å². The standard InChI is InChI=1S/C12H17NO2/c1-12(13,8-5-9-14)15-10-11-6-3-2-4-7-11/h2-4,6-7,9H,5,8,10,13H2,1H3. The predicted octanol–water partition coefficient (Wildman–Crippen LogP) is 1.86. The maximum atomic E-state index is 10.2. The minimum absolute atomic E-state index is 0.432. The average Bonchev–Trinajstić information content (AvgIpc) is 2.25. The summed E-state index contributed by atoms with van der Waals surface area (Å²) in [6.45, 7) is 2.27. The van der Waals surface area contributed by atoms with Gasteiger partial charge in [0.15, 0.2) is 0 Å². The van der Waals surface area contributed by atoms with Gasteiger partial charge in [-0.3, -0.25) is 0 Å². The Morgan fingerprint density at radius 2 is 2.07 bits per heavy atom. The topological polar surface area (TPSA) is 52.3 Å². The van der Waals surface area contributed by atoms with Crippen molar-refractivity contribution < 1.29 is 9.53 Å². The van der Waals surface area contributed by atoms with Gasteiger partial charge in [0.2, 0.25) is 0 Å². The molecule has 1 aromatic carbocycles. The Morgan fingerprint density at radius 1 is 1.40 bits per heavy atom. The Balaban J connectivity index is 2.39. The molecule has 0 aliphatic heterocycles. The van der Waals surface area contributed by atoms with Crippen LogP contribution in [0.25, 0.3) is 0 Å². The number of rotatable bonds is 6. The van der Waals surface area contributed by atoms with E-state index in [0.29, 0.717) is 19.4 Å². The lowest BCUT2D eigenvalue weighted by atomic mass is 10.1. The highest BCUT2D eigenvalue weighted by atomic mass is 16.5. The highest BCUT2D eigenvalue weighted by Crippen LogP contribution is 2.12. The van der Waals surface area contributed by atoms with Crippen molar-refractivity contribution in [3.05, 3.63) is 35.9 Å². The third kappa shape index (κ3) is 4.72. The molecule has 0 spiro atoms. The van der Waals surface area contributed by atoms with Crippen molar-refractivity contribution in [2.45, 2.75) is 32.1 Å². The molecule has 82 valence electrons. The van der Waals surface area contributed by atoms with Gasteiger partial charge in [0, 0.05) is 6.42 Å². The van der Waals surface area contributed by atoms with Crippen LogP contribution in [0.4, 0.5) is 0 Å². The van der Waals surface area contributed by atoms with Gasteiger partial charge in [-0.2, -0.15) is 0 Å². The number of ether oxygens (including phenoxy) is 1.